The highest BCUT2D eigenvalue weighted by molar-refractivity contribution is 7.17. The Hall–Kier alpha value is -1.81. The highest BCUT2D eigenvalue weighted by Gasteiger charge is 2.22. The van der Waals surface area contributed by atoms with Crippen LogP contribution >= 0.6 is 11.3 Å². The topological polar surface area (TPSA) is 63.3 Å². The van der Waals surface area contributed by atoms with Gasteiger partial charge in [-0.2, -0.15) is 0 Å². The molecule has 0 atom stereocenters. The summed E-state index contributed by atoms with van der Waals surface area (Å²) in [7, 11) is 0. The molecule has 0 aliphatic rings. The lowest BCUT2D eigenvalue weighted by Gasteiger charge is -2.06. The van der Waals surface area contributed by atoms with Gasteiger partial charge in [0.05, 0.1) is 0 Å². The number of thiophene rings is 1. The fraction of sp³-hybridized carbons (Fsp3) is 0.267. The summed E-state index contributed by atoms with van der Waals surface area (Å²) in [6.07, 6.45) is 1.76. The predicted molar refractivity (Wildman–Crippen MR) is 79.9 cm³/mol. The average Bonchev–Trinajstić information content (AvgIpc) is 2.75. The van der Waals surface area contributed by atoms with Crippen LogP contribution in [0.1, 0.15) is 34.6 Å². The van der Waals surface area contributed by atoms with Gasteiger partial charge in [0.15, 0.2) is 0 Å². The number of aromatic carboxylic acids is 1. The average molecular weight is 275 g/mol. The zero-order chi connectivity index (χ0) is 14.0. The summed E-state index contributed by atoms with van der Waals surface area (Å²) in [5.41, 5.74) is 9.04. The van der Waals surface area contributed by atoms with E-state index in [4.69, 9.17) is 5.73 Å². The van der Waals surface area contributed by atoms with Crippen molar-refractivity contribution in [1.29, 1.82) is 0 Å². The van der Waals surface area contributed by atoms with Gasteiger partial charge < -0.3 is 10.8 Å². The van der Waals surface area contributed by atoms with Crippen LogP contribution in [-0.2, 0) is 12.8 Å². The highest BCUT2D eigenvalue weighted by atomic mass is 32.1. The molecular weight excluding hydrogens is 258 g/mol. The molecule has 0 aliphatic heterocycles. The third kappa shape index (κ3) is 2.49. The van der Waals surface area contributed by atoms with E-state index in [-0.39, 0.29) is 5.56 Å². The van der Waals surface area contributed by atoms with Gasteiger partial charge in [-0.15, -0.1) is 11.3 Å². The third-order valence-electron chi connectivity index (χ3n) is 3.19. The number of carboxylic acid groups (broad SMARTS) is 1. The van der Waals surface area contributed by atoms with E-state index in [0.717, 1.165) is 28.8 Å². The maximum atomic E-state index is 11.4. The standard InChI is InChI=1S/C15H17NO2S/c1-3-9-5-7-10(8-6-9)12-11(4-2)19-14(16)13(12)15(17)18/h5-8H,3-4,16H2,1-2H3,(H,17,18). The van der Waals surface area contributed by atoms with E-state index in [1.54, 1.807) is 0 Å². The molecular formula is C15H17NO2S. The maximum Gasteiger partial charge on any atom is 0.339 e. The minimum absolute atomic E-state index is 0.242. The molecule has 0 saturated carbocycles. The van der Waals surface area contributed by atoms with E-state index in [0.29, 0.717) is 5.00 Å². The number of carbonyl (C=O) groups is 1. The maximum absolute atomic E-state index is 11.4. The zero-order valence-corrected chi connectivity index (χ0v) is 11.9. The van der Waals surface area contributed by atoms with Crippen LogP contribution in [-0.4, -0.2) is 11.1 Å². The molecule has 0 unspecified atom stereocenters. The fourth-order valence-electron chi connectivity index (χ4n) is 2.17. The summed E-state index contributed by atoms with van der Waals surface area (Å²) in [5, 5.41) is 9.73. The molecule has 0 bridgehead atoms. The van der Waals surface area contributed by atoms with Crippen LogP contribution < -0.4 is 5.73 Å². The molecule has 0 radical (unpaired) electrons. The van der Waals surface area contributed by atoms with Crippen LogP contribution in [0.3, 0.4) is 0 Å². The van der Waals surface area contributed by atoms with Gasteiger partial charge in [0, 0.05) is 10.4 Å². The largest absolute Gasteiger partial charge is 0.478 e. The highest BCUT2D eigenvalue weighted by Crippen LogP contribution is 2.39. The Bertz CT molecular complexity index is 599. The van der Waals surface area contributed by atoms with Crippen molar-refractivity contribution < 1.29 is 9.90 Å². The van der Waals surface area contributed by atoms with Gasteiger partial charge in [0.2, 0.25) is 0 Å². The van der Waals surface area contributed by atoms with Crippen molar-refractivity contribution in [2.24, 2.45) is 0 Å². The quantitative estimate of drug-likeness (QED) is 0.891. The molecule has 1 aromatic carbocycles. The van der Waals surface area contributed by atoms with Gasteiger partial charge >= 0.3 is 5.97 Å². The predicted octanol–water partition coefficient (Wildman–Crippen LogP) is 3.82. The smallest absolute Gasteiger partial charge is 0.339 e. The molecule has 0 amide bonds. The van der Waals surface area contributed by atoms with Crippen LogP contribution in [0.4, 0.5) is 5.00 Å². The van der Waals surface area contributed by atoms with Gasteiger partial charge in [-0.3, -0.25) is 0 Å². The van der Waals surface area contributed by atoms with E-state index < -0.39 is 5.97 Å². The number of rotatable bonds is 4. The minimum Gasteiger partial charge on any atom is -0.478 e. The van der Waals surface area contributed by atoms with Crippen molar-refractivity contribution in [1.82, 2.24) is 0 Å². The number of hydrogen-bond donors (Lipinski definition) is 2. The monoisotopic (exact) mass is 275 g/mol. The first-order chi connectivity index (χ1) is 9.08. The minimum atomic E-state index is -0.956. The normalized spacial score (nSPS) is 10.6. The molecule has 1 aromatic heterocycles. The number of carboxylic acids is 1. The van der Waals surface area contributed by atoms with E-state index in [2.05, 4.69) is 6.92 Å². The number of aryl methyl sites for hydroxylation is 2. The number of benzene rings is 1. The van der Waals surface area contributed by atoms with Crippen LogP contribution in [0, 0.1) is 0 Å². The summed E-state index contributed by atoms with van der Waals surface area (Å²) in [6.45, 7) is 4.11. The van der Waals surface area contributed by atoms with Gasteiger partial charge in [-0.1, -0.05) is 38.1 Å². The number of anilines is 1. The first kappa shape index (κ1) is 13.6. The van der Waals surface area contributed by atoms with Gasteiger partial charge in [0.1, 0.15) is 10.6 Å². The number of hydrogen-bond acceptors (Lipinski definition) is 3. The molecule has 0 fully saturated rings. The number of nitrogen functional groups attached to an aromatic ring is 1. The third-order valence-corrected chi connectivity index (χ3v) is 4.36. The molecule has 3 nitrogen and oxygen atoms in total. The molecule has 0 spiro atoms. The van der Waals surface area contributed by atoms with Crippen molar-refractivity contribution in [3.8, 4) is 11.1 Å². The summed E-state index contributed by atoms with van der Waals surface area (Å²) in [4.78, 5) is 12.4. The Morgan fingerprint density at radius 3 is 2.32 bits per heavy atom. The van der Waals surface area contributed by atoms with Gasteiger partial charge in [0.25, 0.3) is 0 Å². The Balaban J connectivity index is 2.61. The van der Waals surface area contributed by atoms with E-state index in [9.17, 15) is 9.90 Å². The van der Waals surface area contributed by atoms with Crippen molar-refractivity contribution in [2.75, 3.05) is 5.73 Å². The molecule has 2 rings (SSSR count). The van der Waals surface area contributed by atoms with Gasteiger partial charge in [-0.25, -0.2) is 4.79 Å². The first-order valence-electron chi connectivity index (χ1n) is 6.32. The fourth-order valence-corrected chi connectivity index (χ4v) is 3.19. The molecule has 4 heteroatoms. The first-order valence-corrected chi connectivity index (χ1v) is 7.13. The van der Waals surface area contributed by atoms with Crippen LogP contribution in [0.5, 0.6) is 0 Å². The molecule has 0 aliphatic carbocycles. The molecule has 3 N–H and O–H groups in total. The van der Waals surface area contributed by atoms with E-state index in [1.807, 2.05) is 31.2 Å². The van der Waals surface area contributed by atoms with Crippen molar-refractivity contribution in [3.05, 3.63) is 40.3 Å². The van der Waals surface area contributed by atoms with Crippen LogP contribution in [0.2, 0.25) is 0 Å². The van der Waals surface area contributed by atoms with Crippen LogP contribution in [0.15, 0.2) is 24.3 Å². The van der Waals surface area contributed by atoms with Crippen molar-refractivity contribution in [2.45, 2.75) is 26.7 Å². The zero-order valence-electron chi connectivity index (χ0n) is 11.1. The molecule has 1 heterocycles. The second kappa shape index (κ2) is 5.45. The van der Waals surface area contributed by atoms with E-state index >= 15 is 0 Å². The number of nitrogens with two attached hydrogens (primary N) is 1. The SMILES string of the molecule is CCc1ccc(-c2c(CC)sc(N)c2C(=O)O)cc1. The summed E-state index contributed by atoms with van der Waals surface area (Å²) >= 11 is 1.37. The molecule has 2 aromatic rings. The molecule has 0 saturated heterocycles. The van der Waals surface area contributed by atoms with E-state index in [1.165, 1.54) is 16.9 Å². The lowest BCUT2D eigenvalue weighted by Crippen LogP contribution is -2.01. The Morgan fingerprint density at radius 1 is 1.21 bits per heavy atom. The second-order valence-electron chi connectivity index (χ2n) is 4.35. The summed E-state index contributed by atoms with van der Waals surface area (Å²) in [5.74, 6) is -0.956. The van der Waals surface area contributed by atoms with Gasteiger partial charge in [-0.05, 0) is 24.0 Å². The summed E-state index contributed by atoms with van der Waals surface area (Å²) in [6, 6.07) is 8.03. The van der Waals surface area contributed by atoms with Crippen molar-refractivity contribution >= 4 is 22.3 Å². The Kier molecular flexibility index (Phi) is 3.90. The van der Waals surface area contributed by atoms with Crippen molar-refractivity contribution in [3.63, 3.8) is 0 Å². The molecule has 100 valence electrons. The molecule has 19 heavy (non-hydrogen) atoms. The Labute approximate surface area is 116 Å². The Morgan fingerprint density at radius 2 is 1.84 bits per heavy atom. The summed E-state index contributed by atoms with van der Waals surface area (Å²) < 4.78 is 0. The van der Waals surface area contributed by atoms with Crippen LogP contribution in [0.25, 0.3) is 11.1 Å². The second-order valence-corrected chi connectivity index (χ2v) is 5.49. The lowest BCUT2D eigenvalue weighted by molar-refractivity contribution is 0.0699. The lowest BCUT2D eigenvalue weighted by atomic mass is 9.98.